The van der Waals surface area contributed by atoms with Crippen LogP contribution in [0.25, 0.3) is 0 Å². The Hall–Kier alpha value is -3.12. The third kappa shape index (κ3) is 5.02. The standard InChI is InChI=1S/C20H23N3O7S2/c1-3-30-20(26)23-9-8-14-15(10-23)31-19(17(14)18(21)25)22-16(24)11-32(27,28)13-6-4-12(29-2)5-7-13/h4-7H,3,8-11H2,1-2H3,(H2,21,25)(H,22,24). The SMILES string of the molecule is CCOC(=O)N1CCc2c(sc(NC(=O)CS(=O)(=O)c3ccc(OC)cc3)c2C(N)=O)C1. The average Bonchev–Trinajstić information content (AvgIpc) is 3.10. The molecule has 10 nitrogen and oxygen atoms in total. The minimum absolute atomic E-state index is 0.0286. The van der Waals surface area contributed by atoms with E-state index < -0.39 is 33.5 Å². The Morgan fingerprint density at radius 1 is 1.22 bits per heavy atom. The number of methoxy groups -OCH3 is 1. The lowest BCUT2D eigenvalue weighted by Gasteiger charge is -2.26. The second-order valence-corrected chi connectivity index (χ2v) is 10.0. The van der Waals surface area contributed by atoms with Crippen LogP contribution in [0, 0.1) is 0 Å². The quantitative estimate of drug-likeness (QED) is 0.613. The molecule has 3 amide bonds. The first kappa shape index (κ1) is 23.5. The first-order chi connectivity index (χ1) is 15.2. The molecule has 0 saturated carbocycles. The first-order valence-electron chi connectivity index (χ1n) is 9.69. The summed E-state index contributed by atoms with van der Waals surface area (Å²) in [7, 11) is -2.46. The molecule has 0 bridgehead atoms. The summed E-state index contributed by atoms with van der Waals surface area (Å²) in [4.78, 5) is 38.8. The highest BCUT2D eigenvalue weighted by molar-refractivity contribution is 7.92. The number of carbonyl (C=O) groups excluding carboxylic acids is 3. The van der Waals surface area contributed by atoms with Gasteiger partial charge in [-0.1, -0.05) is 0 Å². The summed E-state index contributed by atoms with van der Waals surface area (Å²) in [6.45, 7) is 2.49. The predicted molar refractivity (Wildman–Crippen MR) is 118 cm³/mol. The minimum atomic E-state index is -3.91. The van der Waals surface area contributed by atoms with Gasteiger partial charge in [0.1, 0.15) is 16.5 Å². The Labute approximate surface area is 189 Å². The molecule has 0 spiro atoms. The van der Waals surface area contributed by atoms with Gasteiger partial charge in [0.05, 0.1) is 30.7 Å². The second-order valence-electron chi connectivity index (χ2n) is 6.93. The second kappa shape index (κ2) is 9.57. The Balaban J connectivity index is 1.79. The van der Waals surface area contributed by atoms with Crippen molar-refractivity contribution in [2.75, 3.05) is 31.3 Å². The van der Waals surface area contributed by atoms with Crippen LogP contribution in [0.5, 0.6) is 5.75 Å². The van der Waals surface area contributed by atoms with E-state index in [1.165, 1.54) is 36.3 Å². The largest absolute Gasteiger partial charge is 0.497 e. The van der Waals surface area contributed by atoms with E-state index >= 15 is 0 Å². The zero-order valence-corrected chi connectivity index (χ0v) is 19.2. The van der Waals surface area contributed by atoms with Crippen molar-refractivity contribution in [3.05, 3.63) is 40.3 Å². The van der Waals surface area contributed by atoms with E-state index in [0.29, 0.717) is 29.2 Å². The number of nitrogens with zero attached hydrogens (tertiary/aromatic N) is 1. The molecule has 0 radical (unpaired) electrons. The highest BCUT2D eigenvalue weighted by atomic mass is 32.2. The number of ether oxygens (including phenoxy) is 2. The van der Waals surface area contributed by atoms with Crippen molar-refractivity contribution < 1.29 is 32.3 Å². The zero-order chi connectivity index (χ0) is 23.5. The molecule has 2 aromatic rings. The predicted octanol–water partition coefficient (Wildman–Crippen LogP) is 1.78. The van der Waals surface area contributed by atoms with E-state index in [0.717, 1.165) is 11.3 Å². The molecule has 0 saturated heterocycles. The van der Waals surface area contributed by atoms with E-state index in [1.54, 1.807) is 6.92 Å². The fourth-order valence-electron chi connectivity index (χ4n) is 3.32. The van der Waals surface area contributed by atoms with Gasteiger partial charge in [0.2, 0.25) is 5.91 Å². The number of nitrogens with two attached hydrogens (primary N) is 1. The molecule has 3 N–H and O–H groups in total. The number of carbonyl (C=O) groups is 3. The maximum absolute atomic E-state index is 12.6. The summed E-state index contributed by atoms with van der Waals surface area (Å²) in [5.74, 6) is -1.86. The monoisotopic (exact) mass is 481 g/mol. The van der Waals surface area contributed by atoms with Crippen molar-refractivity contribution in [3.8, 4) is 5.75 Å². The summed E-state index contributed by atoms with van der Waals surface area (Å²) in [6.07, 6.45) is -0.105. The minimum Gasteiger partial charge on any atom is -0.497 e. The Kier molecular flexibility index (Phi) is 7.04. The van der Waals surface area contributed by atoms with E-state index in [1.807, 2.05) is 0 Å². The summed E-state index contributed by atoms with van der Waals surface area (Å²) in [5.41, 5.74) is 6.32. The fourth-order valence-corrected chi connectivity index (χ4v) is 5.74. The lowest BCUT2D eigenvalue weighted by Crippen LogP contribution is -2.36. The Morgan fingerprint density at radius 3 is 2.50 bits per heavy atom. The maximum Gasteiger partial charge on any atom is 0.410 e. The van der Waals surface area contributed by atoms with Crippen molar-refractivity contribution in [2.45, 2.75) is 24.8 Å². The fraction of sp³-hybridized carbons (Fsp3) is 0.350. The summed E-state index contributed by atoms with van der Waals surface area (Å²) < 4.78 is 35.2. The molecule has 0 atom stereocenters. The molecule has 0 aliphatic carbocycles. The number of primary amides is 1. The lowest BCUT2D eigenvalue weighted by atomic mass is 10.0. The number of hydrogen-bond acceptors (Lipinski definition) is 8. The zero-order valence-electron chi connectivity index (χ0n) is 17.5. The first-order valence-corrected chi connectivity index (χ1v) is 12.2. The van der Waals surface area contributed by atoms with Gasteiger partial charge in [-0.15, -0.1) is 11.3 Å². The third-order valence-electron chi connectivity index (χ3n) is 4.82. The van der Waals surface area contributed by atoms with E-state index in [9.17, 15) is 22.8 Å². The lowest BCUT2D eigenvalue weighted by molar-refractivity contribution is -0.113. The van der Waals surface area contributed by atoms with Crippen molar-refractivity contribution in [1.82, 2.24) is 4.90 Å². The molecular formula is C20H23N3O7S2. The van der Waals surface area contributed by atoms with Gasteiger partial charge in [-0.2, -0.15) is 0 Å². The Morgan fingerprint density at radius 2 is 1.91 bits per heavy atom. The number of sulfone groups is 1. The molecule has 0 fully saturated rings. The average molecular weight is 482 g/mol. The number of benzene rings is 1. The van der Waals surface area contributed by atoms with Crippen molar-refractivity contribution >= 4 is 44.1 Å². The van der Waals surface area contributed by atoms with Crippen molar-refractivity contribution in [2.24, 2.45) is 5.73 Å². The Bertz CT molecular complexity index is 1140. The molecule has 1 aliphatic heterocycles. The summed E-state index contributed by atoms with van der Waals surface area (Å²) in [6, 6.07) is 5.67. The number of hydrogen-bond donors (Lipinski definition) is 2. The summed E-state index contributed by atoms with van der Waals surface area (Å²) in [5, 5.41) is 2.68. The van der Waals surface area contributed by atoms with Gasteiger partial charge in [0.15, 0.2) is 9.84 Å². The molecule has 1 aromatic heterocycles. The van der Waals surface area contributed by atoms with E-state index in [2.05, 4.69) is 5.32 Å². The molecule has 32 heavy (non-hydrogen) atoms. The molecule has 12 heteroatoms. The molecular weight excluding hydrogens is 458 g/mol. The number of amides is 3. The van der Waals surface area contributed by atoms with Gasteiger partial charge >= 0.3 is 6.09 Å². The maximum atomic E-state index is 12.6. The van der Waals surface area contributed by atoms with Crippen LogP contribution < -0.4 is 15.8 Å². The molecule has 3 rings (SSSR count). The van der Waals surface area contributed by atoms with Gasteiger partial charge in [-0.05, 0) is 43.2 Å². The smallest absolute Gasteiger partial charge is 0.410 e. The van der Waals surface area contributed by atoms with E-state index in [-0.39, 0.29) is 28.6 Å². The molecule has 172 valence electrons. The van der Waals surface area contributed by atoms with E-state index in [4.69, 9.17) is 15.2 Å². The number of thiophene rings is 1. The van der Waals surface area contributed by atoms with Gasteiger partial charge in [-0.3, -0.25) is 9.59 Å². The molecule has 1 aromatic carbocycles. The van der Waals surface area contributed by atoms with Gasteiger partial charge in [0.25, 0.3) is 5.91 Å². The highest BCUT2D eigenvalue weighted by Gasteiger charge is 2.30. The summed E-state index contributed by atoms with van der Waals surface area (Å²) >= 11 is 1.09. The van der Waals surface area contributed by atoms with Crippen LogP contribution in [0.4, 0.5) is 9.80 Å². The van der Waals surface area contributed by atoms with Crippen LogP contribution in [0.2, 0.25) is 0 Å². The highest BCUT2D eigenvalue weighted by Crippen LogP contribution is 2.37. The van der Waals surface area contributed by atoms with Crippen LogP contribution in [0.3, 0.4) is 0 Å². The molecule has 1 aliphatic rings. The number of nitrogens with one attached hydrogen (secondary N) is 1. The normalized spacial score (nSPS) is 13.2. The van der Waals surface area contributed by atoms with Gasteiger partial charge < -0.3 is 25.4 Å². The van der Waals surface area contributed by atoms with Crippen molar-refractivity contribution in [1.29, 1.82) is 0 Å². The van der Waals surface area contributed by atoms with Gasteiger partial charge in [-0.25, -0.2) is 13.2 Å². The molecule has 0 unspecified atom stereocenters. The molecule has 2 heterocycles. The van der Waals surface area contributed by atoms with Crippen molar-refractivity contribution in [3.63, 3.8) is 0 Å². The number of anilines is 1. The number of fused-ring (bicyclic) bond motifs is 1. The topological polar surface area (TPSA) is 145 Å². The van der Waals surface area contributed by atoms with Crippen LogP contribution >= 0.6 is 11.3 Å². The number of rotatable bonds is 7. The van der Waals surface area contributed by atoms with Crippen LogP contribution in [0.15, 0.2) is 29.2 Å². The third-order valence-corrected chi connectivity index (χ3v) is 7.59. The van der Waals surface area contributed by atoms with Crippen LogP contribution in [0.1, 0.15) is 27.7 Å². The van der Waals surface area contributed by atoms with Crippen LogP contribution in [-0.2, 0) is 32.3 Å². The van der Waals surface area contributed by atoms with Crippen LogP contribution in [-0.4, -0.2) is 57.2 Å². The van der Waals surface area contributed by atoms with Gasteiger partial charge in [0, 0.05) is 11.4 Å².